The lowest BCUT2D eigenvalue weighted by atomic mass is 10.1. The average molecular weight is 192 g/mol. The van der Waals surface area contributed by atoms with Gasteiger partial charge in [0.25, 0.3) is 0 Å². The Balaban J connectivity index is 1.95. The first kappa shape index (κ1) is 9.46. The van der Waals surface area contributed by atoms with E-state index in [9.17, 15) is 0 Å². The van der Waals surface area contributed by atoms with Crippen LogP contribution in [0.15, 0.2) is 18.2 Å². The molecule has 1 aliphatic rings. The molecular formula is C11H16N2O. The molecule has 0 spiro atoms. The molecule has 0 aromatic carbocycles. The van der Waals surface area contributed by atoms with E-state index in [4.69, 9.17) is 4.74 Å². The molecule has 76 valence electrons. The van der Waals surface area contributed by atoms with Gasteiger partial charge in [0.05, 0.1) is 0 Å². The third-order valence-electron chi connectivity index (χ3n) is 2.40. The minimum Gasteiger partial charge on any atom is -0.473 e. The second kappa shape index (κ2) is 4.42. The summed E-state index contributed by atoms with van der Waals surface area (Å²) in [4.78, 5) is 4.32. The van der Waals surface area contributed by atoms with Crippen molar-refractivity contribution in [3.8, 4) is 5.88 Å². The highest BCUT2D eigenvalue weighted by molar-refractivity contribution is 5.15. The summed E-state index contributed by atoms with van der Waals surface area (Å²) in [7, 11) is 0. The third kappa shape index (κ3) is 2.45. The SMILES string of the molecule is Cc1cccc(O[C@@H]2CCCNC2)n1. The second-order valence-electron chi connectivity index (χ2n) is 3.70. The third-order valence-corrected chi connectivity index (χ3v) is 2.40. The molecule has 1 fully saturated rings. The van der Waals surface area contributed by atoms with Crippen LogP contribution in [0.3, 0.4) is 0 Å². The molecule has 1 saturated heterocycles. The first-order valence-electron chi connectivity index (χ1n) is 5.15. The fraction of sp³-hybridized carbons (Fsp3) is 0.545. The second-order valence-corrected chi connectivity index (χ2v) is 3.70. The summed E-state index contributed by atoms with van der Waals surface area (Å²) in [5.74, 6) is 0.749. The van der Waals surface area contributed by atoms with Gasteiger partial charge in [-0.1, -0.05) is 6.07 Å². The molecule has 1 aromatic heterocycles. The number of piperidine rings is 1. The van der Waals surface area contributed by atoms with Crippen LogP contribution in [0.4, 0.5) is 0 Å². The van der Waals surface area contributed by atoms with Crippen LogP contribution in [0.25, 0.3) is 0 Å². The van der Waals surface area contributed by atoms with Crippen LogP contribution in [0.2, 0.25) is 0 Å². The zero-order chi connectivity index (χ0) is 9.80. The van der Waals surface area contributed by atoms with Gasteiger partial charge in [0.15, 0.2) is 0 Å². The number of ether oxygens (including phenoxy) is 1. The van der Waals surface area contributed by atoms with Crippen LogP contribution in [-0.2, 0) is 0 Å². The Morgan fingerprint density at radius 2 is 2.43 bits per heavy atom. The van der Waals surface area contributed by atoms with Crippen molar-refractivity contribution in [3.05, 3.63) is 23.9 Å². The van der Waals surface area contributed by atoms with Crippen LogP contribution < -0.4 is 10.1 Å². The largest absolute Gasteiger partial charge is 0.473 e. The monoisotopic (exact) mass is 192 g/mol. The van der Waals surface area contributed by atoms with Crippen molar-refractivity contribution < 1.29 is 4.74 Å². The molecule has 0 unspecified atom stereocenters. The highest BCUT2D eigenvalue weighted by Crippen LogP contribution is 2.13. The van der Waals surface area contributed by atoms with E-state index in [1.165, 1.54) is 6.42 Å². The maximum absolute atomic E-state index is 5.76. The van der Waals surface area contributed by atoms with E-state index in [-0.39, 0.29) is 6.10 Å². The van der Waals surface area contributed by atoms with E-state index in [1.54, 1.807) is 0 Å². The predicted molar refractivity (Wildman–Crippen MR) is 55.5 cm³/mol. The zero-order valence-electron chi connectivity index (χ0n) is 8.49. The van der Waals surface area contributed by atoms with Gasteiger partial charge in [-0.25, -0.2) is 4.98 Å². The topological polar surface area (TPSA) is 34.1 Å². The van der Waals surface area contributed by atoms with E-state index in [1.807, 2.05) is 25.1 Å². The Kier molecular flexibility index (Phi) is 2.99. The molecule has 14 heavy (non-hydrogen) atoms. The van der Waals surface area contributed by atoms with Crippen LogP contribution >= 0.6 is 0 Å². The van der Waals surface area contributed by atoms with E-state index < -0.39 is 0 Å². The molecule has 0 bridgehead atoms. The molecule has 3 heteroatoms. The zero-order valence-corrected chi connectivity index (χ0v) is 8.49. The van der Waals surface area contributed by atoms with Gasteiger partial charge in [0.2, 0.25) is 5.88 Å². The summed E-state index contributed by atoms with van der Waals surface area (Å²) in [6, 6.07) is 5.88. The number of aromatic nitrogens is 1. The first-order valence-corrected chi connectivity index (χ1v) is 5.15. The van der Waals surface area contributed by atoms with Gasteiger partial charge < -0.3 is 10.1 Å². The minimum absolute atomic E-state index is 0.290. The van der Waals surface area contributed by atoms with Gasteiger partial charge in [0.1, 0.15) is 6.10 Å². The Morgan fingerprint density at radius 3 is 3.14 bits per heavy atom. The summed E-state index contributed by atoms with van der Waals surface area (Å²) in [5.41, 5.74) is 1.01. The summed E-state index contributed by atoms with van der Waals surface area (Å²) < 4.78 is 5.76. The molecular weight excluding hydrogens is 176 g/mol. The summed E-state index contributed by atoms with van der Waals surface area (Å²) >= 11 is 0. The number of hydrogen-bond acceptors (Lipinski definition) is 3. The number of nitrogens with one attached hydrogen (secondary N) is 1. The molecule has 2 heterocycles. The first-order chi connectivity index (χ1) is 6.84. The lowest BCUT2D eigenvalue weighted by Gasteiger charge is -2.23. The van der Waals surface area contributed by atoms with Gasteiger partial charge in [-0.05, 0) is 32.4 Å². The molecule has 1 atom stereocenters. The van der Waals surface area contributed by atoms with Crippen molar-refractivity contribution in [3.63, 3.8) is 0 Å². The van der Waals surface area contributed by atoms with Crippen molar-refractivity contribution in [1.29, 1.82) is 0 Å². The van der Waals surface area contributed by atoms with Crippen LogP contribution in [0, 0.1) is 6.92 Å². The number of rotatable bonds is 2. The van der Waals surface area contributed by atoms with E-state index >= 15 is 0 Å². The Morgan fingerprint density at radius 1 is 1.50 bits per heavy atom. The maximum Gasteiger partial charge on any atom is 0.213 e. The standard InChI is InChI=1S/C11H16N2O/c1-9-4-2-6-11(13-9)14-10-5-3-7-12-8-10/h2,4,6,10,12H,3,5,7-8H2,1H3/t10-/m1/s1. The lowest BCUT2D eigenvalue weighted by Crippen LogP contribution is -2.37. The predicted octanol–water partition coefficient (Wildman–Crippen LogP) is 1.52. The van der Waals surface area contributed by atoms with E-state index in [2.05, 4.69) is 10.3 Å². The fourth-order valence-corrected chi connectivity index (χ4v) is 1.67. The van der Waals surface area contributed by atoms with Gasteiger partial charge >= 0.3 is 0 Å². The molecule has 1 aliphatic heterocycles. The van der Waals surface area contributed by atoms with E-state index in [0.29, 0.717) is 0 Å². The number of pyridine rings is 1. The van der Waals surface area contributed by atoms with Crippen LogP contribution in [-0.4, -0.2) is 24.2 Å². The average Bonchev–Trinajstić information content (AvgIpc) is 2.19. The highest BCUT2D eigenvalue weighted by atomic mass is 16.5. The van der Waals surface area contributed by atoms with Crippen molar-refractivity contribution in [1.82, 2.24) is 10.3 Å². The minimum atomic E-state index is 0.290. The fourth-order valence-electron chi connectivity index (χ4n) is 1.67. The van der Waals surface area contributed by atoms with Gasteiger partial charge in [-0.2, -0.15) is 0 Å². The van der Waals surface area contributed by atoms with Gasteiger partial charge in [0, 0.05) is 18.3 Å². The smallest absolute Gasteiger partial charge is 0.213 e. The summed E-state index contributed by atoms with van der Waals surface area (Å²) in [6.45, 7) is 4.03. The molecule has 0 radical (unpaired) electrons. The lowest BCUT2D eigenvalue weighted by molar-refractivity contribution is 0.160. The molecule has 0 saturated carbocycles. The van der Waals surface area contributed by atoms with Gasteiger partial charge in [-0.15, -0.1) is 0 Å². The number of hydrogen-bond donors (Lipinski definition) is 1. The summed E-state index contributed by atoms with van der Waals surface area (Å²) in [6.07, 6.45) is 2.61. The Labute approximate surface area is 84.5 Å². The number of aryl methyl sites for hydroxylation is 1. The van der Waals surface area contributed by atoms with Crippen molar-refractivity contribution in [2.24, 2.45) is 0 Å². The molecule has 0 aliphatic carbocycles. The normalized spacial score (nSPS) is 21.9. The van der Waals surface area contributed by atoms with Crippen molar-refractivity contribution >= 4 is 0 Å². The molecule has 3 nitrogen and oxygen atoms in total. The summed E-state index contributed by atoms with van der Waals surface area (Å²) in [5, 5.41) is 3.32. The maximum atomic E-state index is 5.76. The Hall–Kier alpha value is -1.09. The quantitative estimate of drug-likeness (QED) is 0.771. The highest BCUT2D eigenvalue weighted by Gasteiger charge is 2.14. The molecule has 1 N–H and O–H groups in total. The number of nitrogens with zero attached hydrogens (tertiary/aromatic N) is 1. The van der Waals surface area contributed by atoms with Crippen LogP contribution in [0.5, 0.6) is 5.88 Å². The Bertz CT molecular complexity index is 295. The molecule has 2 rings (SSSR count). The van der Waals surface area contributed by atoms with Crippen LogP contribution in [0.1, 0.15) is 18.5 Å². The molecule has 0 amide bonds. The van der Waals surface area contributed by atoms with Crippen molar-refractivity contribution in [2.45, 2.75) is 25.9 Å². The van der Waals surface area contributed by atoms with E-state index in [0.717, 1.165) is 31.1 Å². The van der Waals surface area contributed by atoms with Crippen molar-refractivity contribution in [2.75, 3.05) is 13.1 Å². The molecule has 1 aromatic rings. The van der Waals surface area contributed by atoms with Gasteiger partial charge in [-0.3, -0.25) is 0 Å².